The van der Waals surface area contributed by atoms with Gasteiger partial charge in [-0.15, -0.1) is 0 Å². The SMILES string of the molecule is CC(C)C(=O)Nc1cccc(NC(=O)OCc2ccccc2)n1. The van der Waals surface area contributed by atoms with Gasteiger partial charge in [0, 0.05) is 5.92 Å². The minimum absolute atomic E-state index is 0.138. The van der Waals surface area contributed by atoms with E-state index < -0.39 is 6.09 Å². The Hall–Kier alpha value is -2.89. The maximum Gasteiger partial charge on any atom is 0.413 e. The van der Waals surface area contributed by atoms with E-state index in [-0.39, 0.29) is 18.4 Å². The molecular weight excluding hydrogens is 294 g/mol. The van der Waals surface area contributed by atoms with Gasteiger partial charge in [-0.25, -0.2) is 9.78 Å². The lowest BCUT2D eigenvalue weighted by atomic mass is 10.2. The number of aromatic nitrogens is 1. The first-order chi connectivity index (χ1) is 11.0. The molecule has 120 valence electrons. The molecule has 6 nitrogen and oxygen atoms in total. The van der Waals surface area contributed by atoms with E-state index in [1.807, 2.05) is 30.3 Å². The molecule has 2 aromatic rings. The molecule has 0 bridgehead atoms. The molecule has 2 rings (SSSR count). The van der Waals surface area contributed by atoms with Gasteiger partial charge >= 0.3 is 6.09 Å². The summed E-state index contributed by atoms with van der Waals surface area (Å²) in [4.78, 5) is 27.6. The number of carbonyl (C=O) groups is 2. The van der Waals surface area contributed by atoms with E-state index in [4.69, 9.17) is 4.74 Å². The van der Waals surface area contributed by atoms with Crippen molar-refractivity contribution in [3.05, 3.63) is 54.1 Å². The number of hydrogen-bond acceptors (Lipinski definition) is 4. The lowest BCUT2D eigenvalue weighted by Gasteiger charge is -2.09. The Morgan fingerprint density at radius 2 is 1.65 bits per heavy atom. The smallest absolute Gasteiger partial charge is 0.413 e. The fraction of sp³-hybridized carbons (Fsp3) is 0.235. The summed E-state index contributed by atoms with van der Waals surface area (Å²) in [6, 6.07) is 14.3. The number of pyridine rings is 1. The fourth-order valence-electron chi connectivity index (χ4n) is 1.71. The van der Waals surface area contributed by atoms with Gasteiger partial charge in [0.05, 0.1) is 0 Å². The average molecular weight is 313 g/mol. The van der Waals surface area contributed by atoms with Crippen LogP contribution in [-0.4, -0.2) is 17.0 Å². The van der Waals surface area contributed by atoms with Gasteiger partial charge in [-0.05, 0) is 17.7 Å². The van der Waals surface area contributed by atoms with Crippen molar-refractivity contribution < 1.29 is 14.3 Å². The van der Waals surface area contributed by atoms with Crippen LogP contribution < -0.4 is 10.6 Å². The van der Waals surface area contributed by atoms with E-state index in [0.29, 0.717) is 11.6 Å². The summed E-state index contributed by atoms with van der Waals surface area (Å²) < 4.78 is 5.11. The van der Waals surface area contributed by atoms with Gasteiger partial charge in [-0.1, -0.05) is 50.2 Å². The Kier molecular flexibility index (Phi) is 5.68. The summed E-state index contributed by atoms with van der Waals surface area (Å²) >= 11 is 0. The predicted molar refractivity (Wildman–Crippen MR) is 88.0 cm³/mol. The first-order valence-electron chi connectivity index (χ1n) is 7.30. The van der Waals surface area contributed by atoms with Crippen LogP contribution >= 0.6 is 0 Å². The molecule has 1 aromatic carbocycles. The highest BCUT2D eigenvalue weighted by Gasteiger charge is 2.09. The van der Waals surface area contributed by atoms with Gasteiger partial charge in [0.1, 0.15) is 18.2 Å². The summed E-state index contributed by atoms with van der Waals surface area (Å²) in [6.45, 7) is 3.76. The molecule has 1 aromatic heterocycles. The highest BCUT2D eigenvalue weighted by atomic mass is 16.5. The van der Waals surface area contributed by atoms with Crippen LogP contribution in [0.4, 0.5) is 16.4 Å². The lowest BCUT2D eigenvalue weighted by molar-refractivity contribution is -0.118. The van der Waals surface area contributed by atoms with Crippen LogP contribution in [0.2, 0.25) is 0 Å². The lowest BCUT2D eigenvalue weighted by Crippen LogP contribution is -2.19. The van der Waals surface area contributed by atoms with E-state index in [9.17, 15) is 9.59 Å². The van der Waals surface area contributed by atoms with E-state index in [1.54, 1.807) is 32.0 Å². The quantitative estimate of drug-likeness (QED) is 0.886. The van der Waals surface area contributed by atoms with Crippen LogP contribution in [0.15, 0.2) is 48.5 Å². The number of nitrogens with zero attached hydrogens (tertiary/aromatic N) is 1. The van der Waals surface area contributed by atoms with Crippen molar-refractivity contribution in [3.8, 4) is 0 Å². The Labute approximate surface area is 134 Å². The van der Waals surface area contributed by atoms with Crippen LogP contribution in [0.3, 0.4) is 0 Å². The van der Waals surface area contributed by atoms with Crippen molar-refractivity contribution in [2.75, 3.05) is 10.6 Å². The number of ether oxygens (including phenoxy) is 1. The molecule has 2 N–H and O–H groups in total. The van der Waals surface area contributed by atoms with Crippen molar-refractivity contribution in [2.45, 2.75) is 20.5 Å². The van der Waals surface area contributed by atoms with Crippen LogP contribution in [-0.2, 0) is 16.1 Å². The van der Waals surface area contributed by atoms with Crippen LogP contribution in [0.1, 0.15) is 19.4 Å². The van der Waals surface area contributed by atoms with Gasteiger partial charge in [0.15, 0.2) is 0 Å². The second kappa shape index (κ2) is 7.93. The topological polar surface area (TPSA) is 80.3 Å². The summed E-state index contributed by atoms with van der Waals surface area (Å²) in [5, 5.41) is 5.20. The number of nitrogens with one attached hydrogen (secondary N) is 2. The number of amides is 2. The molecule has 23 heavy (non-hydrogen) atoms. The van der Waals surface area contributed by atoms with Gasteiger partial charge in [0.25, 0.3) is 0 Å². The van der Waals surface area contributed by atoms with Crippen LogP contribution in [0.5, 0.6) is 0 Å². The molecule has 0 saturated heterocycles. The van der Waals surface area contributed by atoms with Gasteiger partial charge in [-0.2, -0.15) is 0 Å². The van der Waals surface area contributed by atoms with E-state index >= 15 is 0 Å². The minimum Gasteiger partial charge on any atom is -0.444 e. The number of anilines is 2. The maximum absolute atomic E-state index is 11.8. The van der Waals surface area contributed by atoms with E-state index in [0.717, 1.165) is 5.56 Å². The van der Waals surface area contributed by atoms with Crippen LogP contribution in [0.25, 0.3) is 0 Å². The summed E-state index contributed by atoms with van der Waals surface area (Å²) in [6.07, 6.45) is -0.603. The first kappa shape index (κ1) is 16.5. The van der Waals surface area contributed by atoms with Crippen molar-refractivity contribution in [1.29, 1.82) is 0 Å². The Balaban J connectivity index is 1.89. The molecule has 0 fully saturated rings. The molecule has 6 heteroatoms. The third-order valence-electron chi connectivity index (χ3n) is 2.97. The predicted octanol–water partition coefficient (Wildman–Crippen LogP) is 3.42. The summed E-state index contributed by atoms with van der Waals surface area (Å²) in [5.41, 5.74) is 0.897. The molecule has 2 amide bonds. The first-order valence-corrected chi connectivity index (χ1v) is 7.30. The van der Waals surface area contributed by atoms with Gasteiger partial charge in [0.2, 0.25) is 5.91 Å². The van der Waals surface area contributed by atoms with Crippen molar-refractivity contribution in [3.63, 3.8) is 0 Å². The average Bonchev–Trinajstić information content (AvgIpc) is 2.54. The Morgan fingerprint density at radius 3 is 2.30 bits per heavy atom. The molecule has 1 heterocycles. The highest BCUT2D eigenvalue weighted by Crippen LogP contribution is 2.11. The Bertz CT molecular complexity index is 672. The number of rotatable bonds is 5. The third kappa shape index (κ3) is 5.43. The molecule has 0 aliphatic carbocycles. The largest absolute Gasteiger partial charge is 0.444 e. The summed E-state index contributed by atoms with van der Waals surface area (Å²) in [5.74, 6) is 0.403. The number of carbonyl (C=O) groups excluding carboxylic acids is 2. The molecule has 0 unspecified atom stereocenters. The molecule has 0 atom stereocenters. The zero-order valence-corrected chi connectivity index (χ0v) is 13.1. The van der Waals surface area contributed by atoms with Crippen molar-refractivity contribution in [2.24, 2.45) is 5.92 Å². The van der Waals surface area contributed by atoms with E-state index in [2.05, 4.69) is 15.6 Å². The van der Waals surface area contributed by atoms with Crippen molar-refractivity contribution in [1.82, 2.24) is 4.98 Å². The molecule has 0 spiro atoms. The van der Waals surface area contributed by atoms with E-state index in [1.165, 1.54) is 0 Å². The number of hydrogen-bond donors (Lipinski definition) is 2. The van der Waals surface area contributed by atoms with Crippen LogP contribution in [0, 0.1) is 5.92 Å². The molecule has 0 aliphatic rings. The minimum atomic E-state index is -0.603. The second-order valence-corrected chi connectivity index (χ2v) is 5.24. The standard InChI is InChI=1S/C17H19N3O3/c1-12(2)16(21)19-14-9-6-10-15(18-14)20-17(22)23-11-13-7-4-3-5-8-13/h3-10,12H,11H2,1-2H3,(H2,18,19,20,21,22). The number of benzene rings is 1. The third-order valence-corrected chi connectivity index (χ3v) is 2.97. The summed E-state index contributed by atoms with van der Waals surface area (Å²) in [7, 11) is 0. The van der Waals surface area contributed by atoms with Gasteiger partial charge in [-0.3, -0.25) is 10.1 Å². The monoisotopic (exact) mass is 313 g/mol. The van der Waals surface area contributed by atoms with Crippen molar-refractivity contribution >= 4 is 23.6 Å². The second-order valence-electron chi connectivity index (χ2n) is 5.24. The fourth-order valence-corrected chi connectivity index (χ4v) is 1.71. The van der Waals surface area contributed by atoms with Gasteiger partial charge < -0.3 is 10.1 Å². The zero-order valence-electron chi connectivity index (χ0n) is 13.1. The normalized spacial score (nSPS) is 10.2. The Morgan fingerprint density at radius 1 is 1.00 bits per heavy atom. The molecular formula is C17H19N3O3. The highest BCUT2D eigenvalue weighted by molar-refractivity contribution is 5.91. The molecule has 0 aliphatic heterocycles. The molecule has 0 radical (unpaired) electrons. The molecule has 0 saturated carbocycles. The maximum atomic E-state index is 11.8. The zero-order chi connectivity index (χ0) is 16.7.